The van der Waals surface area contributed by atoms with E-state index in [0.717, 1.165) is 5.56 Å². The maximum Gasteiger partial charge on any atom is 0.328 e. The highest BCUT2D eigenvalue weighted by atomic mass is 16.2. The van der Waals surface area contributed by atoms with Crippen LogP contribution in [0.15, 0.2) is 52.7 Å². The van der Waals surface area contributed by atoms with Crippen LogP contribution in [0.3, 0.4) is 0 Å². The third kappa shape index (κ3) is 4.04. The highest BCUT2D eigenvalue weighted by Gasteiger charge is 2.04. The van der Waals surface area contributed by atoms with Crippen molar-refractivity contribution in [3.8, 4) is 0 Å². The minimum absolute atomic E-state index is 0.134. The number of aryl methyl sites for hydroxylation is 1. The summed E-state index contributed by atoms with van der Waals surface area (Å²) in [7, 11) is 0. The molecule has 0 radical (unpaired) electrons. The van der Waals surface area contributed by atoms with E-state index in [1.54, 1.807) is 18.2 Å². The first-order valence-corrected chi connectivity index (χ1v) is 6.40. The van der Waals surface area contributed by atoms with Gasteiger partial charge in [0.1, 0.15) is 0 Å². The van der Waals surface area contributed by atoms with Crippen LogP contribution in [0.2, 0.25) is 0 Å². The van der Waals surface area contributed by atoms with Crippen molar-refractivity contribution in [2.75, 3.05) is 5.32 Å². The van der Waals surface area contributed by atoms with Crippen molar-refractivity contribution in [1.29, 1.82) is 0 Å². The molecule has 2 N–H and O–H groups in total. The zero-order valence-corrected chi connectivity index (χ0v) is 11.3. The third-order valence-electron chi connectivity index (χ3n) is 2.91. The molecular formula is C15H15N3O3. The lowest BCUT2D eigenvalue weighted by molar-refractivity contribution is -0.116. The fourth-order valence-corrected chi connectivity index (χ4v) is 1.77. The number of hydrogen-bond donors (Lipinski definition) is 2. The van der Waals surface area contributed by atoms with Crippen molar-refractivity contribution in [2.24, 2.45) is 0 Å². The van der Waals surface area contributed by atoms with Crippen LogP contribution in [0, 0.1) is 0 Å². The van der Waals surface area contributed by atoms with Gasteiger partial charge in [0.15, 0.2) is 0 Å². The molecule has 1 aromatic carbocycles. The zero-order valence-electron chi connectivity index (χ0n) is 11.3. The van der Waals surface area contributed by atoms with Gasteiger partial charge < -0.3 is 9.88 Å². The van der Waals surface area contributed by atoms with E-state index in [4.69, 9.17) is 0 Å². The highest BCUT2D eigenvalue weighted by molar-refractivity contribution is 5.90. The molecule has 0 spiro atoms. The molecule has 0 unspecified atom stereocenters. The fourth-order valence-electron chi connectivity index (χ4n) is 1.77. The molecule has 6 nitrogen and oxygen atoms in total. The number of hydrogen-bond acceptors (Lipinski definition) is 3. The molecule has 0 bridgehead atoms. The normalized spacial score (nSPS) is 10.1. The van der Waals surface area contributed by atoms with Crippen molar-refractivity contribution in [2.45, 2.75) is 13.0 Å². The van der Waals surface area contributed by atoms with E-state index in [1.807, 2.05) is 12.1 Å². The number of rotatable bonds is 5. The minimum atomic E-state index is -0.523. The van der Waals surface area contributed by atoms with Crippen molar-refractivity contribution in [1.82, 2.24) is 9.55 Å². The molecule has 1 heterocycles. The second-order valence-corrected chi connectivity index (χ2v) is 4.43. The predicted octanol–water partition coefficient (Wildman–Crippen LogP) is 1.21. The number of amides is 1. The average molecular weight is 285 g/mol. The molecule has 0 saturated carbocycles. The van der Waals surface area contributed by atoms with Gasteiger partial charge in [-0.1, -0.05) is 24.8 Å². The van der Waals surface area contributed by atoms with Crippen LogP contribution in [-0.2, 0) is 11.3 Å². The Morgan fingerprint density at radius 3 is 2.57 bits per heavy atom. The Balaban J connectivity index is 1.93. The summed E-state index contributed by atoms with van der Waals surface area (Å²) in [6.45, 7) is 3.85. The molecule has 21 heavy (non-hydrogen) atoms. The SMILES string of the molecule is C=Cc1ccc(NC(=O)CCn2ccc(=O)[nH]c2=O)cc1. The van der Waals surface area contributed by atoms with Crippen LogP contribution in [0.1, 0.15) is 12.0 Å². The van der Waals surface area contributed by atoms with E-state index in [1.165, 1.54) is 16.8 Å². The molecular weight excluding hydrogens is 270 g/mol. The number of carbonyl (C=O) groups is 1. The molecule has 1 aromatic heterocycles. The molecule has 0 aliphatic rings. The number of nitrogens with zero attached hydrogens (tertiary/aromatic N) is 1. The van der Waals surface area contributed by atoms with Crippen LogP contribution >= 0.6 is 0 Å². The average Bonchev–Trinajstić information content (AvgIpc) is 2.47. The highest BCUT2D eigenvalue weighted by Crippen LogP contribution is 2.10. The first-order valence-electron chi connectivity index (χ1n) is 6.40. The molecule has 0 aliphatic carbocycles. The molecule has 0 atom stereocenters. The van der Waals surface area contributed by atoms with Crippen LogP contribution in [0.5, 0.6) is 0 Å². The number of carbonyl (C=O) groups excluding carboxylic acids is 1. The molecule has 2 aromatic rings. The number of aromatic amines is 1. The summed E-state index contributed by atoms with van der Waals surface area (Å²) in [6, 6.07) is 8.49. The second kappa shape index (κ2) is 6.51. The van der Waals surface area contributed by atoms with Gasteiger partial charge in [0.05, 0.1) is 0 Å². The van der Waals surface area contributed by atoms with Gasteiger partial charge in [-0.15, -0.1) is 0 Å². The van der Waals surface area contributed by atoms with E-state index in [9.17, 15) is 14.4 Å². The smallest absolute Gasteiger partial charge is 0.326 e. The standard InChI is InChI=1S/C15H15N3O3/c1-2-11-3-5-12(6-4-11)16-13(19)7-9-18-10-8-14(20)17-15(18)21/h2-6,8,10H,1,7,9H2,(H,16,19)(H,17,20,21). The summed E-state index contributed by atoms with van der Waals surface area (Å²) >= 11 is 0. The summed E-state index contributed by atoms with van der Waals surface area (Å²) in [5.41, 5.74) is 0.667. The van der Waals surface area contributed by atoms with Gasteiger partial charge in [-0.05, 0) is 17.7 Å². The van der Waals surface area contributed by atoms with Crippen LogP contribution in [0.25, 0.3) is 6.08 Å². The summed E-state index contributed by atoms with van der Waals surface area (Å²) in [4.78, 5) is 36.3. The number of anilines is 1. The predicted molar refractivity (Wildman–Crippen MR) is 81.1 cm³/mol. The Hall–Kier alpha value is -2.89. The molecule has 6 heteroatoms. The Bertz CT molecular complexity index is 757. The van der Waals surface area contributed by atoms with E-state index in [-0.39, 0.29) is 18.9 Å². The molecule has 108 valence electrons. The van der Waals surface area contributed by atoms with Crippen LogP contribution < -0.4 is 16.6 Å². The van der Waals surface area contributed by atoms with E-state index in [2.05, 4.69) is 16.9 Å². The number of aromatic nitrogens is 2. The largest absolute Gasteiger partial charge is 0.328 e. The van der Waals surface area contributed by atoms with E-state index < -0.39 is 11.2 Å². The maximum atomic E-state index is 11.8. The lowest BCUT2D eigenvalue weighted by Crippen LogP contribution is -2.29. The van der Waals surface area contributed by atoms with E-state index in [0.29, 0.717) is 5.69 Å². The van der Waals surface area contributed by atoms with Crippen molar-refractivity contribution in [3.05, 3.63) is 69.5 Å². The summed E-state index contributed by atoms with van der Waals surface area (Å²) < 4.78 is 1.28. The molecule has 2 rings (SSSR count). The van der Waals surface area contributed by atoms with Crippen LogP contribution in [0.4, 0.5) is 5.69 Å². The summed E-state index contributed by atoms with van der Waals surface area (Å²) in [5.74, 6) is -0.209. The van der Waals surface area contributed by atoms with Crippen molar-refractivity contribution >= 4 is 17.7 Å². The van der Waals surface area contributed by atoms with Gasteiger partial charge in [-0.3, -0.25) is 14.6 Å². The maximum absolute atomic E-state index is 11.8. The monoisotopic (exact) mass is 285 g/mol. The third-order valence-corrected chi connectivity index (χ3v) is 2.91. The second-order valence-electron chi connectivity index (χ2n) is 4.43. The van der Waals surface area contributed by atoms with Gasteiger partial charge in [0.25, 0.3) is 5.56 Å². The summed E-state index contributed by atoms with van der Waals surface area (Å²) in [5, 5.41) is 2.73. The Morgan fingerprint density at radius 2 is 1.95 bits per heavy atom. The first-order chi connectivity index (χ1) is 10.1. The lowest BCUT2D eigenvalue weighted by Gasteiger charge is -2.07. The summed E-state index contributed by atoms with van der Waals surface area (Å²) in [6.07, 6.45) is 3.22. The number of nitrogens with one attached hydrogen (secondary N) is 2. The van der Waals surface area contributed by atoms with Crippen molar-refractivity contribution in [3.63, 3.8) is 0 Å². The van der Waals surface area contributed by atoms with Gasteiger partial charge in [0, 0.05) is 30.9 Å². The number of H-pyrrole nitrogens is 1. The molecule has 0 saturated heterocycles. The van der Waals surface area contributed by atoms with Gasteiger partial charge in [0.2, 0.25) is 5.91 Å². The zero-order chi connectivity index (χ0) is 15.2. The molecule has 0 aliphatic heterocycles. The fraction of sp³-hybridized carbons (Fsp3) is 0.133. The topological polar surface area (TPSA) is 84.0 Å². The molecule has 1 amide bonds. The Kier molecular flexibility index (Phi) is 4.50. The van der Waals surface area contributed by atoms with Gasteiger partial charge >= 0.3 is 5.69 Å². The molecule has 0 fully saturated rings. The first kappa shape index (κ1) is 14.5. The number of benzene rings is 1. The van der Waals surface area contributed by atoms with Gasteiger partial charge in [-0.2, -0.15) is 0 Å². The quantitative estimate of drug-likeness (QED) is 0.866. The Labute approximate surface area is 120 Å². The lowest BCUT2D eigenvalue weighted by atomic mass is 10.2. The van der Waals surface area contributed by atoms with Gasteiger partial charge in [-0.25, -0.2) is 4.79 Å². The Morgan fingerprint density at radius 1 is 1.24 bits per heavy atom. The van der Waals surface area contributed by atoms with E-state index >= 15 is 0 Å². The van der Waals surface area contributed by atoms with Crippen LogP contribution in [-0.4, -0.2) is 15.5 Å². The van der Waals surface area contributed by atoms with Crippen molar-refractivity contribution < 1.29 is 4.79 Å². The minimum Gasteiger partial charge on any atom is -0.326 e.